The maximum atomic E-state index is 6.25. The maximum absolute atomic E-state index is 6.25. The van der Waals surface area contributed by atoms with Crippen LogP contribution in [0, 0.1) is 5.92 Å². The fourth-order valence-corrected chi connectivity index (χ4v) is 2.82. The summed E-state index contributed by atoms with van der Waals surface area (Å²) in [5.41, 5.74) is 7.99. The molecular formula is C12H16Cl2N2. The maximum Gasteiger partial charge on any atom is 0.0643 e. The lowest BCUT2D eigenvalue weighted by Crippen LogP contribution is -2.21. The van der Waals surface area contributed by atoms with E-state index in [1.807, 2.05) is 12.1 Å². The molecule has 0 amide bonds. The van der Waals surface area contributed by atoms with Crippen LogP contribution in [0.25, 0.3) is 0 Å². The molecule has 1 unspecified atom stereocenters. The van der Waals surface area contributed by atoms with Gasteiger partial charge in [0, 0.05) is 18.6 Å². The lowest BCUT2D eigenvalue weighted by atomic mass is 9.97. The predicted molar refractivity (Wildman–Crippen MR) is 70.6 cm³/mol. The first kappa shape index (κ1) is 12.0. The number of nitrogens with zero attached hydrogens (tertiary/aromatic N) is 1. The van der Waals surface area contributed by atoms with E-state index >= 15 is 0 Å². The highest BCUT2D eigenvalue weighted by Crippen LogP contribution is 2.38. The SMILES string of the molecule is CN1CCC(CN)Cc2c(Cl)ccc(Cl)c21. The fraction of sp³-hybridized carbons (Fsp3) is 0.500. The van der Waals surface area contributed by atoms with Gasteiger partial charge in [0.25, 0.3) is 0 Å². The number of fused-ring (bicyclic) bond motifs is 1. The third-order valence-corrected chi connectivity index (χ3v) is 3.92. The Morgan fingerprint density at radius 3 is 2.75 bits per heavy atom. The van der Waals surface area contributed by atoms with Gasteiger partial charge in [-0.1, -0.05) is 23.2 Å². The minimum Gasteiger partial charge on any atom is -0.373 e. The zero-order chi connectivity index (χ0) is 11.7. The molecule has 1 aromatic rings. The molecule has 1 aliphatic heterocycles. The van der Waals surface area contributed by atoms with E-state index in [0.29, 0.717) is 12.5 Å². The van der Waals surface area contributed by atoms with Crippen LogP contribution in [0.1, 0.15) is 12.0 Å². The predicted octanol–water partition coefficient (Wildman–Crippen LogP) is 2.95. The van der Waals surface area contributed by atoms with Crippen LogP contribution in [0.4, 0.5) is 5.69 Å². The molecule has 0 saturated carbocycles. The number of halogens is 2. The van der Waals surface area contributed by atoms with E-state index < -0.39 is 0 Å². The van der Waals surface area contributed by atoms with Gasteiger partial charge in [-0.3, -0.25) is 0 Å². The molecule has 0 bridgehead atoms. The van der Waals surface area contributed by atoms with Gasteiger partial charge in [-0.25, -0.2) is 0 Å². The summed E-state index contributed by atoms with van der Waals surface area (Å²) in [5, 5.41) is 1.58. The summed E-state index contributed by atoms with van der Waals surface area (Å²) in [6.45, 7) is 1.69. The van der Waals surface area contributed by atoms with Crippen LogP contribution in [0.3, 0.4) is 0 Å². The van der Waals surface area contributed by atoms with Gasteiger partial charge in [-0.05, 0) is 43.0 Å². The normalized spacial score (nSPS) is 20.5. The molecule has 0 spiro atoms. The van der Waals surface area contributed by atoms with E-state index in [1.54, 1.807) is 0 Å². The number of hydrogen-bond acceptors (Lipinski definition) is 2. The molecule has 4 heteroatoms. The summed E-state index contributed by atoms with van der Waals surface area (Å²) in [6.07, 6.45) is 2.02. The number of benzene rings is 1. The Bertz CT molecular complexity index is 393. The van der Waals surface area contributed by atoms with E-state index in [1.165, 1.54) is 0 Å². The van der Waals surface area contributed by atoms with Gasteiger partial charge >= 0.3 is 0 Å². The third-order valence-electron chi connectivity index (χ3n) is 3.26. The largest absolute Gasteiger partial charge is 0.373 e. The van der Waals surface area contributed by atoms with Gasteiger partial charge in [0.05, 0.1) is 10.7 Å². The lowest BCUT2D eigenvalue weighted by molar-refractivity contribution is 0.509. The second kappa shape index (κ2) is 4.82. The fourth-order valence-electron chi connectivity index (χ4n) is 2.27. The first-order valence-corrected chi connectivity index (χ1v) is 6.27. The van der Waals surface area contributed by atoms with Crippen molar-refractivity contribution >= 4 is 28.9 Å². The molecule has 2 rings (SSSR count). The molecule has 0 aliphatic carbocycles. The van der Waals surface area contributed by atoms with Gasteiger partial charge in [-0.15, -0.1) is 0 Å². The summed E-state index contributed by atoms with van der Waals surface area (Å²) >= 11 is 12.5. The standard InChI is InChI=1S/C12H16Cl2N2/c1-16-5-4-8(7-15)6-9-10(13)2-3-11(14)12(9)16/h2-3,8H,4-7,15H2,1H3. The Morgan fingerprint density at radius 1 is 1.38 bits per heavy atom. The van der Waals surface area contributed by atoms with E-state index in [2.05, 4.69) is 11.9 Å². The Hall–Kier alpha value is -0.440. The van der Waals surface area contributed by atoms with Crippen LogP contribution < -0.4 is 10.6 Å². The second-order valence-electron chi connectivity index (χ2n) is 4.37. The average Bonchev–Trinajstić information content (AvgIpc) is 2.44. The van der Waals surface area contributed by atoms with Crippen molar-refractivity contribution in [2.75, 3.05) is 25.0 Å². The molecule has 88 valence electrons. The van der Waals surface area contributed by atoms with Crippen molar-refractivity contribution in [2.24, 2.45) is 11.7 Å². The molecule has 16 heavy (non-hydrogen) atoms. The van der Waals surface area contributed by atoms with Crippen LogP contribution >= 0.6 is 23.2 Å². The van der Waals surface area contributed by atoms with Crippen LogP contribution in [0.15, 0.2) is 12.1 Å². The quantitative estimate of drug-likeness (QED) is 0.840. The highest BCUT2D eigenvalue weighted by Gasteiger charge is 2.22. The summed E-state index contributed by atoms with van der Waals surface area (Å²) < 4.78 is 0. The van der Waals surface area contributed by atoms with Crippen molar-refractivity contribution in [1.29, 1.82) is 0 Å². The molecule has 2 nitrogen and oxygen atoms in total. The first-order chi connectivity index (χ1) is 7.63. The molecule has 0 aromatic heterocycles. The zero-order valence-corrected chi connectivity index (χ0v) is 10.9. The minimum atomic E-state index is 0.500. The molecule has 2 N–H and O–H groups in total. The summed E-state index contributed by atoms with van der Waals surface area (Å²) in [6, 6.07) is 3.73. The molecule has 0 radical (unpaired) electrons. The van der Waals surface area contributed by atoms with Gasteiger partial charge in [0.2, 0.25) is 0 Å². The number of nitrogens with two attached hydrogens (primary N) is 1. The van der Waals surface area contributed by atoms with Crippen molar-refractivity contribution in [2.45, 2.75) is 12.8 Å². The topological polar surface area (TPSA) is 29.3 Å². The number of hydrogen-bond donors (Lipinski definition) is 1. The minimum absolute atomic E-state index is 0.500. The first-order valence-electron chi connectivity index (χ1n) is 5.51. The second-order valence-corrected chi connectivity index (χ2v) is 5.19. The van der Waals surface area contributed by atoms with Crippen molar-refractivity contribution in [1.82, 2.24) is 0 Å². The smallest absolute Gasteiger partial charge is 0.0643 e. The molecule has 1 aliphatic rings. The Balaban J connectivity index is 2.49. The summed E-state index contributed by atoms with van der Waals surface area (Å²) in [7, 11) is 2.06. The van der Waals surface area contributed by atoms with Crippen molar-refractivity contribution < 1.29 is 0 Å². The number of rotatable bonds is 1. The molecule has 1 aromatic carbocycles. The van der Waals surface area contributed by atoms with Crippen LogP contribution in [0.2, 0.25) is 10.0 Å². The molecule has 1 heterocycles. The molecular weight excluding hydrogens is 243 g/mol. The number of anilines is 1. The van der Waals surface area contributed by atoms with Crippen molar-refractivity contribution in [3.63, 3.8) is 0 Å². The highest BCUT2D eigenvalue weighted by molar-refractivity contribution is 6.36. The third kappa shape index (κ3) is 2.15. The van der Waals surface area contributed by atoms with Crippen molar-refractivity contribution in [3.8, 4) is 0 Å². The van der Waals surface area contributed by atoms with E-state index in [-0.39, 0.29) is 0 Å². The summed E-state index contributed by atoms with van der Waals surface area (Å²) in [4.78, 5) is 2.18. The monoisotopic (exact) mass is 258 g/mol. The van der Waals surface area contributed by atoms with Gasteiger partial charge in [0.15, 0.2) is 0 Å². The van der Waals surface area contributed by atoms with Gasteiger partial charge < -0.3 is 10.6 Å². The summed E-state index contributed by atoms with van der Waals surface area (Å²) in [5.74, 6) is 0.500. The van der Waals surface area contributed by atoms with E-state index in [9.17, 15) is 0 Å². The van der Waals surface area contributed by atoms with Crippen molar-refractivity contribution in [3.05, 3.63) is 27.7 Å². The lowest BCUT2D eigenvalue weighted by Gasteiger charge is -2.21. The molecule has 1 atom stereocenters. The Morgan fingerprint density at radius 2 is 2.06 bits per heavy atom. The van der Waals surface area contributed by atoms with Crippen LogP contribution in [-0.4, -0.2) is 20.1 Å². The van der Waals surface area contributed by atoms with Crippen LogP contribution in [-0.2, 0) is 6.42 Å². The average molecular weight is 259 g/mol. The van der Waals surface area contributed by atoms with Gasteiger partial charge in [0.1, 0.15) is 0 Å². The Kier molecular flexibility index (Phi) is 3.63. The van der Waals surface area contributed by atoms with Gasteiger partial charge in [-0.2, -0.15) is 0 Å². The van der Waals surface area contributed by atoms with Crippen LogP contribution in [0.5, 0.6) is 0 Å². The molecule has 0 saturated heterocycles. The van der Waals surface area contributed by atoms with E-state index in [4.69, 9.17) is 28.9 Å². The van der Waals surface area contributed by atoms with E-state index in [0.717, 1.165) is 40.7 Å². The highest BCUT2D eigenvalue weighted by atomic mass is 35.5. The zero-order valence-electron chi connectivity index (χ0n) is 9.34. The molecule has 0 fully saturated rings. The Labute approximate surface area is 106 Å².